The molecule has 0 radical (unpaired) electrons. The van der Waals surface area contributed by atoms with Gasteiger partial charge in [-0.2, -0.15) is 0 Å². The van der Waals surface area contributed by atoms with Gasteiger partial charge in [0.05, 0.1) is 6.04 Å². The first-order valence-corrected chi connectivity index (χ1v) is 8.12. The van der Waals surface area contributed by atoms with Gasteiger partial charge in [0.1, 0.15) is 0 Å². The minimum absolute atomic E-state index is 0.498. The topological polar surface area (TPSA) is 44.9 Å². The number of nitrogens with zero attached hydrogens (tertiary/aromatic N) is 3. The van der Waals surface area contributed by atoms with E-state index in [0.717, 1.165) is 38.1 Å². The summed E-state index contributed by atoms with van der Waals surface area (Å²) in [7, 11) is 0. The molecular weight excluding hydrogens is 236 g/mol. The normalized spacial score (nSPS) is 27.8. The summed E-state index contributed by atoms with van der Waals surface area (Å²) in [5.74, 6) is 1.80. The predicted octanol–water partition coefficient (Wildman–Crippen LogP) is 1.66. The predicted molar refractivity (Wildman–Crippen MR) is 79.2 cm³/mol. The van der Waals surface area contributed by atoms with E-state index in [9.17, 15) is 0 Å². The van der Waals surface area contributed by atoms with Crippen molar-refractivity contribution in [3.63, 3.8) is 0 Å². The molecule has 4 heteroatoms. The van der Waals surface area contributed by atoms with Crippen LogP contribution in [0.3, 0.4) is 0 Å². The van der Waals surface area contributed by atoms with Crippen molar-refractivity contribution in [2.75, 3.05) is 32.7 Å². The zero-order valence-corrected chi connectivity index (χ0v) is 12.1. The Balaban J connectivity index is 1.45. The van der Waals surface area contributed by atoms with E-state index in [1.165, 1.54) is 51.5 Å². The Morgan fingerprint density at radius 2 is 1.63 bits per heavy atom. The van der Waals surface area contributed by atoms with Crippen LogP contribution in [0.15, 0.2) is 4.99 Å². The second kappa shape index (κ2) is 6.12. The molecule has 0 aromatic heterocycles. The van der Waals surface area contributed by atoms with Crippen LogP contribution in [0.2, 0.25) is 0 Å². The van der Waals surface area contributed by atoms with Crippen molar-refractivity contribution < 1.29 is 0 Å². The fourth-order valence-corrected chi connectivity index (χ4v) is 3.30. The molecule has 19 heavy (non-hydrogen) atoms. The summed E-state index contributed by atoms with van der Waals surface area (Å²) in [6.07, 6.45) is 9.42. The van der Waals surface area contributed by atoms with E-state index < -0.39 is 0 Å². The second-order valence-corrected chi connectivity index (χ2v) is 6.51. The molecule has 0 aromatic carbocycles. The van der Waals surface area contributed by atoms with Gasteiger partial charge in [-0.1, -0.05) is 19.3 Å². The lowest BCUT2D eigenvalue weighted by atomic mass is 9.96. The number of nitrogens with two attached hydrogens (primary N) is 1. The van der Waals surface area contributed by atoms with Crippen molar-refractivity contribution >= 4 is 5.96 Å². The number of rotatable bonds is 3. The third-order valence-electron chi connectivity index (χ3n) is 4.80. The quantitative estimate of drug-likeness (QED) is 0.623. The van der Waals surface area contributed by atoms with Gasteiger partial charge in [-0.05, 0) is 31.6 Å². The van der Waals surface area contributed by atoms with Crippen LogP contribution in [0.5, 0.6) is 0 Å². The Hall–Kier alpha value is -0.770. The third-order valence-corrected chi connectivity index (χ3v) is 4.80. The molecule has 0 unspecified atom stereocenters. The van der Waals surface area contributed by atoms with Gasteiger partial charge >= 0.3 is 0 Å². The fraction of sp³-hybridized carbons (Fsp3) is 0.933. The molecule has 1 aliphatic heterocycles. The molecule has 0 spiro atoms. The first-order valence-electron chi connectivity index (χ1n) is 8.12. The van der Waals surface area contributed by atoms with E-state index in [-0.39, 0.29) is 0 Å². The van der Waals surface area contributed by atoms with Crippen LogP contribution in [0.1, 0.15) is 44.9 Å². The van der Waals surface area contributed by atoms with Crippen LogP contribution in [0.4, 0.5) is 0 Å². The largest absolute Gasteiger partial charge is 0.370 e. The van der Waals surface area contributed by atoms with Crippen LogP contribution in [0, 0.1) is 5.92 Å². The van der Waals surface area contributed by atoms with Crippen molar-refractivity contribution in [2.45, 2.75) is 51.0 Å². The van der Waals surface area contributed by atoms with Crippen molar-refractivity contribution in [3.05, 3.63) is 0 Å². The zero-order valence-electron chi connectivity index (χ0n) is 12.1. The molecule has 1 saturated heterocycles. The Kier molecular flexibility index (Phi) is 4.26. The van der Waals surface area contributed by atoms with Gasteiger partial charge in [0.15, 0.2) is 5.96 Å². The highest BCUT2D eigenvalue weighted by atomic mass is 15.3. The molecular formula is C15H28N4. The van der Waals surface area contributed by atoms with E-state index in [4.69, 9.17) is 10.7 Å². The highest BCUT2D eigenvalue weighted by Gasteiger charge is 2.27. The van der Waals surface area contributed by atoms with Crippen LogP contribution in [-0.4, -0.2) is 54.5 Å². The van der Waals surface area contributed by atoms with E-state index in [2.05, 4.69) is 9.80 Å². The molecule has 3 fully saturated rings. The van der Waals surface area contributed by atoms with E-state index in [0.29, 0.717) is 6.04 Å². The molecule has 1 heterocycles. The van der Waals surface area contributed by atoms with Gasteiger partial charge in [-0.15, -0.1) is 0 Å². The third kappa shape index (κ3) is 3.85. The fourth-order valence-electron chi connectivity index (χ4n) is 3.30. The number of hydrogen-bond acceptors (Lipinski definition) is 2. The molecule has 3 rings (SSSR count). The Morgan fingerprint density at radius 3 is 2.26 bits per heavy atom. The number of guanidine groups is 1. The number of piperazine rings is 1. The first kappa shape index (κ1) is 13.2. The zero-order chi connectivity index (χ0) is 13.1. The average molecular weight is 264 g/mol. The molecule has 0 bridgehead atoms. The lowest BCUT2D eigenvalue weighted by Crippen LogP contribution is -2.51. The van der Waals surface area contributed by atoms with Crippen molar-refractivity contribution in [1.82, 2.24) is 9.80 Å². The molecule has 0 atom stereocenters. The lowest BCUT2D eigenvalue weighted by molar-refractivity contribution is 0.174. The molecule has 4 nitrogen and oxygen atoms in total. The maximum Gasteiger partial charge on any atom is 0.191 e. The minimum atomic E-state index is 0.498. The summed E-state index contributed by atoms with van der Waals surface area (Å²) in [6, 6.07) is 0.498. The van der Waals surface area contributed by atoms with Crippen LogP contribution in [-0.2, 0) is 0 Å². The van der Waals surface area contributed by atoms with Gasteiger partial charge in [0.2, 0.25) is 0 Å². The summed E-state index contributed by atoms with van der Waals surface area (Å²) in [5, 5.41) is 0. The molecule has 2 N–H and O–H groups in total. The monoisotopic (exact) mass is 264 g/mol. The van der Waals surface area contributed by atoms with E-state index in [1.54, 1.807) is 0 Å². The molecule has 108 valence electrons. The van der Waals surface area contributed by atoms with Crippen molar-refractivity contribution in [1.29, 1.82) is 0 Å². The highest BCUT2D eigenvalue weighted by molar-refractivity contribution is 5.78. The van der Waals surface area contributed by atoms with Gasteiger partial charge in [-0.3, -0.25) is 4.90 Å². The molecule has 2 aliphatic carbocycles. The van der Waals surface area contributed by atoms with Gasteiger partial charge in [0.25, 0.3) is 0 Å². The Labute approximate surface area is 117 Å². The lowest BCUT2D eigenvalue weighted by Gasteiger charge is -2.35. The summed E-state index contributed by atoms with van der Waals surface area (Å²) < 4.78 is 0. The number of aliphatic imine (C=N–C) groups is 1. The van der Waals surface area contributed by atoms with Crippen LogP contribution in [0.25, 0.3) is 0 Å². The van der Waals surface area contributed by atoms with Crippen LogP contribution < -0.4 is 5.73 Å². The Bertz CT molecular complexity index is 310. The molecule has 0 aromatic rings. The average Bonchev–Trinajstić information content (AvgIpc) is 3.25. The van der Waals surface area contributed by atoms with E-state index >= 15 is 0 Å². The summed E-state index contributed by atoms with van der Waals surface area (Å²) in [4.78, 5) is 9.65. The standard InChI is InChI=1S/C15H28N4/c16-15(17-14-4-2-1-3-5-14)19-10-8-18(9-11-19)12-13-6-7-13/h13-14H,1-12H2,(H2,16,17). The molecule has 0 amide bonds. The molecule has 3 aliphatic rings. The number of hydrogen-bond donors (Lipinski definition) is 1. The van der Waals surface area contributed by atoms with Crippen molar-refractivity contribution in [2.24, 2.45) is 16.6 Å². The summed E-state index contributed by atoms with van der Waals surface area (Å²) in [5.41, 5.74) is 6.20. The maximum atomic E-state index is 6.20. The molecule has 2 saturated carbocycles. The van der Waals surface area contributed by atoms with Gasteiger partial charge < -0.3 is 10.6 Å². The maximum absolute atomic E-state index is 6.20. The summed E-state index contributed by atoms with van der Waals surface area (Å²) in [6.45, 7) is 5.77. The van der Waals surface area contributed by atoms with E-state index in [1.807, 2.05) is 0 Å². The highest BCUT2D eigenvalue weighted by Crippen LogP contribution is 2.29. The SMILES string of the molecule is NC(=NC1CCCCC1)N1CCN(CC2CC2)CC1. The first-order chi connectivity index (χ1) is 9.31. The van der Waals surface area contributed by atoms with Gasteiger partial charge in [-0.25, -0.2) is 4.99 Å². The second-order valence-electron chi connectivity index (χ2n) is 6.51. The smallest absolute Gasteiger partial charge is 0.191 e. The van der Waals surface area contributed by atoms with Crippen LogP contribution >= 0.6 is 0 Å². The Morgan fingerprint density at radius 1 is 0.947 bits per heavy atom. The van der Waals surface area contributed by atoms with Gasteiger partial charge in [0, 0.05) is 32.7 Å². The summed E-state index contributed by atoms with van der Waals surface area (Å²) >= 11 is 0. The minimum Gasteiger partial charge on any atom is -0.370 e. The van der Waals surface area contributed by atoms with Crippen molar-refractivity contribution in [3.8, 4) is 0 Å².